The second kappa shape index (κ2) is 6.47. The summed E-state index contributed by atoms with van der Waals surface area (Å²) in [5.41, 5.74) is -0.282. The molecule has 0 spiro atoms. The summed E-state index contributed by atoms with van der Waals surface area (Å²) in [6.07, 6.45) is -4.91. The highest BCUT2D eigenvalue weighted by Crippen LogP contribution is 2.27. The maximum Gasteiger partial charge on any atom is 0.573 e. The second-order valence-electron chi connectivity index (χ2n) is 4.47. The first kappa shape index (κ1) is 16.8. The Bertz CT molecular complexity index is 530. The molecule has 1 aromatic carbocycles. The number of halogens is 3. The van der Waals surface area contributed by atoms with Gasteiger partial charge >= 0.3 is 12.3 Å². The Balaban J connectivity index is 2.94. The molecule has 5 nitrogen and oxygen atoms in total. The number of nitrogens with zero attached hydrogens (tertiary/aromatic N) is 1. The zero-order valence-corrected chi connectivity index (χ0v) is 11.3. The molecule has 21 heavy (non-hydrogen) atoms. The minimum absolute atomic E-state index is 0.130. The fourth-order valence-electron chi connectivity index (χ4n) is 1.63. The summed E-state index contributed by atoms with van der Waals surface area (Å²) < 4.78 is 40.6. The number of amides is 1. The van der Waals surface area contributed by atoms with E-state index in [2.05, 4.69) is 4.74 Å². The molecular weight excluding hydrogens is 291 g/mol. The van der Waals surface area contributed by atoms with E-state index in [1.165, 1.54) is 32.2 Å². The minimum atomic E-state index is -4.91. The van der Waals surface area contributed by atoms with Crippen molar-refractivity contribution < 1.29 is 32.6 Å². The van der Waals surface area contributed by atoms with Crippen LogP contribution in [0.5, 0.6) is 5.75 Å². The number of para-hydroxylation sites is 1. The predicted octanol–water partition coefficient (Wildman–Crippen LogP) is 2.38. The van der Waals surface area contributed by atoms with E-state index in [0.29, 0.717) is 0 Å². The van der Waals surface area contributed by atoms with E-state index in [-0.39, 0.29) is 12.1 Å². The van der Waals surface area contributed by atoms with Gasteiger partial charge in [-0.3, -0.25) is 9.59 Å². The number of carboxylic acids is 1. The molecule has 1 aromatic rings. The van der Waals surface area contributed by atoms with Crippen LogP contribution >= 0.6 is 0 Å². The van der Waals surface area contributed by atoms with E-state index in [4.69, 9.17) is 5.11 Å². The van der Waals surface area contributed by atoms with E-state index in [1.54, 1.807) is 0 Å². The van der Waals surface area contributed by atoms with E-state index >= 15 is 0 Å². The molecule has 0 fully saturated rings. The quantitative estimate of drug-likeness (QED) is 0.907. The van der Waals surface area contributed by atoms with Crippen LogP contribution in [0, 0.1) is 5.92 Å². The summed E-state index contributed by atoms with van der Waals surface area (Å²) in [4.78, 5) is 23.9. The zero-order chi connectivity index (χ0) is 16.2. The summed E-state index contributed by atoms with van der Waals surface area (Å²) in [7, 11) is 1.31. The van der Waals surface area contributed by atoms with Crippen molar-refractivity contribution in [2.24, 2.45) is 5.92 Å². The van der Waals surface area contributed by atoms with Crippen LogP contribution in [-0.2, 0) is 4.79 Å². The van der Waals surface area contributed by atoms with Crippen LogP contribution in [-0.4, -0.2) is 41.8 Å². The van der Waals surface area contributed by atoms with E-state index in [1.807, 2.05) is 0 Å². The summed E-state index contributed by atoms with van der Waals surface area (Å²) in [5, 5.41) is 8.78. The Hall–Kier alpha value is -2.25. The molecule has 116 valence electrons. The first-order chi connectivity index (χ1) is 9.61. The number of benzene rings is 1. The highest BCUT2D eigenvalue weighted by Gasteiger charge is 2.33. The third-order valence-corrected chi connectivity index (χ3v) is 2.66. The van der Waals surface area contributed by atoms with E-state index in [0.717, 1.165) is 11.0 Å². The molecule has 0 bridgehead atoms. The number of carboxylic acid groups (broad SMARTS) is 1. The van der Waals surface area contributed by atoms with Gasteiger partial charge in [0, 0.05) is 13.6 Å². The molecule has 1 amide bonds. The fourth-order valence-corrected chi connectivity index (χ4v) is 1.63. The Kier molecular flexibility index (Phi) is 5.17. The smallest absolute Gasteiger partial charge is 0.481 e. The van der Waals surface area contributed by atoms with Gasteiger partial charge in [-0.15, -0.1) is 13.2 Å². The molecule has 0 heterocycles. The SMILES string of the molecule is CC(CN(C)C(=O)c1ccccc1OC(F)(F)F)C(=O)O. The summed E-state index contributed by atoms with van der Waals surface area (Å²) in [6, 6.07) is 4.91. The number of aliphatic carboxylic acids is 1. The largest absolute Gasteiger partial charge is 0.573 e. The maximum atomic E-state index is 12.3. The van der Waals surface area contributed by atoms with Crippen molar-refractivity contribution in [1.29, 1.82) is 0 Å². The van der Waals surface area contributed by atoms with Gasteiger partial charge in [0.2, 0.25) is 0 Å². The van der Waals surface area contributed by atoms with Crippen LogP contribution in [0.1, 0.15) is 17.3 Å². The third kappa shape index (κ3) is 4.97. The van der Waals surface area contributed by atoms with Gasteiger partial charge in [-0.1, -0.05) is 19.1 Å². The summed E-state index contributed by atoms with van der Waals surface area (Å²) >= 11 is 0. The zero-order valence-electron chi connectivity index (χ0n) is 11.3. The molecule has 0 aliphatic heterocycles. The summed E-state index contributed by atoms with van der Waals surface area (Å²) in [5.74, 6) is -3.31. The minimum Gasteiger partial charge on any atom is -0.481 e. The second-order valence-corrected chi connectivity index (χ2v) is 4.47. The number of carbonyl (C=O) groups is 2. The van der Waals surface area contributed by atoms with Crippen molar-refractivity contribution >= 4 is 11.9 Å². The van der Waals surface area contributed by atoms with Crippen LogP contribution in [0.3, 0.4) is 0 Å². The average molecular weight is 305 g/mol. The van der Waals surface area contributed by atoms with Crippen molar-refractivity contribution in [3.8, 4) is 5.75 Å². The van der Waals surface area contributed by atoms with Gasteiger partial charge in [0.15, 0.2) is 0 Å². The van der Waals surface area contributed by atoms with E-state index < -0.39 is 29.9 Å². The molecule has 1 N–H and O–H groups in total. The number of carbonyl (C=O) groups excluding carboxylic acids is 1. The molecule has 1 rings (SSSR count). The Labute approximate surface area is 118 Å². The lowest BCUT2D eigenvalue weighted by molar-refractivity contribution is -0.274. The van der Waals surface area contributed by atoms with Crippen molar-refractivity contribution in [3.05, 3.63) is 29.8 Å². The van der Waals surface area contributed by atoms with Gasteiger partial charge in [-0.2, -0.15) is 0 Å². The van der Waals surface area contributed by atoms with Gasteiger partial charge in [-0.05, 0) is 12.1 Å². The van der Waals surface area contributed by atoms with Crippen molar-refractivity contribution in [2.45, 2.75) is 13.3 Å². The van der Waals surface area contributed by atoms with Gasteiger partial charge in [-0.25, -0.2) is 0 Å². The number of rotatable bonds is 5. The standard InChI is InChI=1S/C13H14F3NO4/c1-8(12(19)20)7-17(2)11(18)9-5-3-4-6-10(9)21-13(14,15)16/h3-6,8H,7H2,1-2H3,(H,19,20). The normalized spacial score (nSPS) is 12.6. The summed E-state index contributed by atoms with van der Waals surface area (Å²) in [6.45, 7) is 1.26. The Morgan fingerprint density at radius 3 is 2.43 bits per heavy atom. The lowest BCUT2D eigenvalue weighted by Crippen LogP contribution is -2.34. The maximum absolute atomic E-state index is 12.3. The van der Waals surface area contributed by atoms with Gasteiger partial charge in [0.25, 0.3) is 5.91 Å². The molecule has 0 aromatic heterocycles. The molecule has 0 saturated heterocycles. The van der Waals surface area contributed by atoms with Crippen LogP contribution in [0.15, 0.2) is 24.3 Å². The van der Waals surface area contributed by atoms with Crippen LogP contribution in [0.2, 0.25) is 0 Å². The highest BCUT2D eigenvalue weighted by atomic mass is 19.4. The lowest BCUT2D eigenvalue weighted by Gasteiger charge is -2.21. The van der Waals surface area contributed by atoms with Gasteiger partial charge < -0.3 is 14.7 Å². The van der Waals surface area contributed by atoms with Crippen LogP contribution in [0.4, 0.5) is 13.2 Å². The molecule has 1 atom stereocenters. The van der Waals surface area contributed by atoms with Gasteiger partial charge in [0.1, 0.15) is 5.75 Å². The van der Waals surface area contributed by atoms with Crippen molar-refractivity contribution in [2.75, 3.05) is 13.6 Å². The number of ether oxygens (including phenoxy) is 1. The Morgan fingerprint density at radius 2 is 1.90 bits per heavy atom. The van der Waals surface area contributed by atoms with Crippen molar-refractivity contribution in [1.82, 2.24) is 4.90 Å². The van der Waals surface area contributed by atoms with Crippen LogP contribution in [0.25, 0.3) is 0 Å². The fraction of sp³-hybridized carbons (Fsp3) is 0.385. The van der Waals surface area contributed by atoms with Crippen LogP contribution < -0.4 is 4.74 Å². The lowest BCUT2D eigenvalue weighted by atomic mass is 10.1. The topological polar surface area (TPSA) is 66.8 Å². The predicted molar refractivity (Wildman–Crippen MR) is 66.9 cm³/mol. The Morgan fingerprint density at radius 1 is 1.33 bits per heavy atom. The van der Waals surface area contributed by atoms with E-state index in [9.17, 15) is 22.8 Å². The number of alkyl halides is 3. The molecule has 1 unspecified atom stereocenters. The first-order valence-electron chi connectivity index (χ1n) is 5.95. The first-order valence-corrected chi connectivity index (χ1v) is 5.95. The number of hydrogen-bond donors (Lipinski definition) is 1. The highest BCUT2D eigenvalue weighted by molar-refractivity contribution is 5.97. The molecular formula is C13H14F3NO4. The van der Waals surface area contributed by atoms with Crippen molar-refractivity contribution in [3.63, 3.8) is 0 Å². The molecule has 0 aliphatic carbocycles. The third-order valence-electron chi connectivity index (χ3n) is 2.66. The number of hydrogen-bond acceptors (Lipinski definition) is 3. The molecule has 0 radical (unpaired) electrons. The molecule has 0 saturated carbocycles. The monoisotopic (exact) mass is 305 g/mol. The average Bonchev–Trinajstić information content (AvgIpc) is 2.36. The molecule has 8 heteroatoms. The van der Waals surface area contributed by atoms with Gasteiger partial charge in [0.05, 0.1) is 11.5 Å². The molecule has 0 aliphatic rings.